The molecule has 176 valence electrons. The molecule has 1 aromatic heterocycles. The van der Waals surface area contributed by atoms with Gasteiger partial charge in [-0.25, -0.2) is 8.78 Å². The molecule has 0 bridgehead atoms. The van der Waals surface area contributed by atoms with Crippen molar-refractivity contribution in [3.63, 3.8) is 0 Å². The summed E-state index contributed by atoms with van der Waals surface area (Å²) in [5.41, 5.74) is 1.90. The normalized spacial score (nSPS) is 17.0. The largest absolute Gasteiger partial charge is 0.348 e. The first kappa shape index (κ1) is 23.8. The highest BCUT2D eigenvalue weighted by atomic mass is 19.1. The van der Waals surface area contributed by atoms with Gasteiger partial charge in [0, 0.05) is 23.3 Å². The number of carbonyl (C=O) groups is 1. The second kappa shape index (κ2) is 9.88. The Balaban J connectivity index is 1.41. The Morgan fingerprint density at radius 3 is 2.35 bits per heavy atom. The summed E-state index contributed by atoms with van der Waals surface area (Å²) in [6.07, 6.45) is 10.4. The summed E-state index contributed by atoms with van der Waals surface area (Å²) < 4.78 is 28.0. The molecule has 3 aromatic rings. The molecular formula is C29H30F2N2O. The monoisotopic (exact) mass is 460 g/mol. The Labute approximate surface area is 199 Å². The number of allylic oxidation sites excluding steroid dienone is 1. The van der Waals surface area contributed by atoms with Crippen molar-refractivity contribution < 1.29 is 13.6 Å². The molecule has 0 aliphatic heterocycles. The lowest BCUT2D eigenvalue weighted by Gasteiger charge is -2.25. The van der Waals surface area contributed by atoms with Crippen molar-refractivity contribution in [2.45, 2.75) is 50.5 Å². The van der Waals surface area contributed by atoms with Crippen molar-refractivity contribution in [3.8, 4) is 0 Å². The molecule has 0 radical (unpaired) electrons. The number of aromatic nitrogens is 1. The minimum atomic E-state index is -0.528. The van der Waals surface area contributed by atoms with Gasteiger partial charge >= 0.3 is 0 Å². The van der Waals surface area contributed by atoms with E-state index in [9.17, 15) is 13.6 Å². The van der Waals surface area contributed by atoms with Crippen LogP contribution in [0.25, 0.3) is 0 Å². The van der Waals surface area contributed by atoms with Crippen LogP contribution in [0.15, 0.2) is 85.2 Å². The van der Waals surface area contributed by atoms with E-state index in [-0.39, 0.29) is 29.0 Å². The molecule has 1 aliphatic rings. The van der Waals surface area contributed by atoms with Crippen LogP contribution >= 0.6 is 0 Å². The Morgan fingerprint density at radius 2 is 1.76 bits per heavy atom. The number of nitrogens with one attached hydrogen (secondary N) is 1. The smallest absolute Gasteiger partial charge is 0.244 e. The van der Waals surface area contributed by atoms with Crippen LogP contribution in [0.3, 0.4) is 0 Å². The number of hydrogen-bond donors (Lipinski definition) is 1. The number of aryl methyl sites for hydroxylation is 1. The van der Waals surface area contributed by atoms with Gasteiger partial charge in [0.15, 0.2) is 0 Å². The lowest BCUT2D eigenvalue weighted by Crippen LogP contribution is -2.42. The van der Waals surface area contributed by atoms with Crippen LogP contribution in [-0.4, -0.2) is 16.4 Å². The first-order valence-electron chi connectivity index (χ1n) is 11.7. The van der Waals surface area contributed by atoms with Gasteiger partial charge in [0.25, 0.3) is 0 Å². The zero-order valence-electron chi connectivity index (χ0n) is 19.6. The first-order valence-corrected chi connectivity index (χ1v) is 11.7. The molecule has 5 heteroatoms. The molecular weight excluding hydrogens is 430 g/mol. The van der Waals surface area contributed by atoms with E-state index in [2.05, 4.69) is 16.4 Å². The molecule has 1 aliphatic carbocycles. The third-order valence-electron chi connectivity index (χ3n) is 6.63. The van der Waals surface area contributed by atoms with Crippen LogP contribution in [0, 0.1) is 17.6 Å². The van der Waals surface area contributed by atoms with Crippen LogP contribution in [0.5, 0.6) is 0 Å². The second-order valence-electron chi connectivity index (χ2n) is 9.75. The van der Waals surface area contributed by atoms with Gasteiger partial charge in [0.2, 0.25) is 5.91 Å². The van der Waals surface area contributed by atoms with E-state index < -0.39 is 5.41 Å². The van der Waals surface area contributed by atoms with Gasteiger partial charge in [-0.1, -0.05) is 36.4 Å². The third-order valence-corrected chi connectivity index (χ3v) is 6.63. The fourth-order valence-electron chi connectivity index (χ4n) is 4.80. The molecule has 3 nitrogen and oxygen atoms in total. The van der Waals surface area contributed by atoms with E-state index in [1.165, 1.54) is 29.8 Å². The summed E-state index contributed by atoms with van der Waals surface area (Å²) >= 11 is 0. The van der Waals surface area contributed by atoms with Crippen molar-refractivity contribution >= 4 is 5.91 Å². The molecule has 0 spiro atoms. The molecule has 1 saturated carbocycles. The van der Waals surface area contributed by atoms with E-state index in [0.717, 1.165) is 30.4 Å². The average molecular weight is 461 g/mol. The summed E-state index contributed by atoms with van der Waals surface area (Å²) in [6.45, 7) is 4.03. The van der Waals surface area contributed by atoms with E-state index in [1.807, 2.05) is 44.3 Å². The highest BCUT2D eigenvalue weighted by Gasteiger charge is 2.55. The van der Waals surface area contributed by atoms with Crippen molar-refractivity contribution in [2.75, 3.05) is 0 Å². The molecule has 4 rings (SSSR count). The molecule has 34 heavy (non-hydrogen) atoms. The maximum absolute atomic E-state index is 14.0. The maximum Gasteiger partial charge on any atom is 0.244 e. The number of amides is 1. The Bertz CT molecular complexity index is 1130. The Kier molecular flexibility index (Phi) is 6.92. The average Bonchev–Trinajstić information content (AvgIpc) is 3.54. The minimum Gasteiger partial charge on any atom is -0.348 e. The van der Waals surface area contributed by atoms with Gasteiger partial charge in [0.1, 0.15) is 11.6 Å². The van der Waals surface area contributed by atoms with Crippen molar-refractivity contribution in [3.05, 3.63) is 114 Å². The standard InChI is InChI=1S/C29H30F2N2O/c1-28(2,15-5-7-21-8-6-16-32-20-21)33-27(34)14-13-24-19-29(24,22-9-3-11-25(30)17-22)23-10-4-12-26(31)18-23/h3-4,6,8-14,16-18,20,24H,5,7,15,19H2,1-2H3,(H,33,34)/b14-13+/t24-/m1/s1. The minimum absolute atomic E-state index is 0.0180. The predicted octanol–water partition coefficient (Wildman–Crippen LogP) is 6.14. The van der Waals surface area contributed by atoms with Gasteiger partial charge in [0.05, 0.1) is 0 Å². The lowest BCUT2D eigenvalue weighted by molar-refractivity contribution is -0.118. The molecule has 1 heterocycles. The van der Waals surface area contributed by atoms with Crippen LogP contribution < -0.4 is 5.32 Å². The van der Waals surface area contributed by atoms with Crippen molar-refractivity contribution in [1.82, 2.24) is 10.3 Å². The van der Waals surface area contributed by atoms with Gasteiger partial charge in [-0.2, -0.15) is 0 Å². The third kappa shape index (κ3) is 5.58. The second-order valence-corrected chi connectivity index (χ2v) is 9.75. The highest BCUT2D eigenvalue weighted by molar-refractivity contribution is 5.88. The Hall–Kier alpha value is -3.34. The summed E-state index contributed by atoms with van der Waals surface area (Å²) in [6, 6.07) is 16.9. The van der Waals surface area contributed by atoms with Crippen LogP contribution in [0.1, 0.15) is 49.8 Å². The van der Waals surface area contributed by atoms with Crippen LogP contribution in [-0.2, 0) is 16.6 Å². The van der Waals surface area contributed by atoms with Gasteiger partial charge < -0.3 is 5.32 Å². The number of hydrogen-bond acceptors (Lipinski definition) is 2. The number of benzene rings is 2. The summed E-state index contributed by atoms with van der Waals surface area (Å²) in [4.78, 5) is 16.8. The fourth-order valence-corrected chi connectivity index (χ4v) is 4.80. The molecule has 1 amide bonds. The predicted molar refractivity (Wildman–Crippen MR) is 130 cm³/mol. The van der Waals surface area contributed by atoms with Crippen molar-refractivity contribution in [2.24, 2.45) is 5.92 Å². The lowest BCUT2D eigenvalue weighted by atomic mass is 9.85. The van der Waals surface area contributed by atoms with E-state index >= 15 is 0 Å². The SMILES string of the molecule is CC(C)(CCCc1cccnc1)NC(=O)/C=C/[C@@H]1CC1(c1cccc(F)c1)c1cccc(F)c1. The number of carbonyl (C=O) groups excluding carboxylic acids is 1. The molecule has 0 saturated heterocycles. The van der Waals surface area contributed by atoms with Gasteiger partial charge in [-0.3, -0.25) is 9.78 Å². The zero-order valence-corrected chi connectivity index (χ0v) is 19.6. The quantitative estimate of drug-likeness (QED) is 0.390. The number of pyridine rings is 1. The highest BCUT2D eigenvalue weighted by Crippen LogP contribution is 2.59. The summed E-state index contributed by atoms with van der Waals surface area (Å²) in [5, 5.41) is 3.09. The topological polar surface area (TPSA) is 42.0 Å². The van der Waals surface area contributed by atoms with E-state index in [1.54, 1.807) is 24.4 Å². The van der Waals surface area contributed by atoms with E-state index in [0.29, 0.717) is 6.42 Å². The molecule has 1 fully saturated rings. The molecule has 1 atom stereocenters. The summed E-state index contributed by atoms with van der Waals surface area (Å²) in [7, 11) is 0. The number of rotatable bonds is 9. The summed E-state index contributed by atoms with van der Waals surface area (Å²) in [5.74, 6) is -0.830. The number of halogens is 2. The first-order chi connectivity index (χ1) is 16.3. The van der Waals surface area contributed by atoms with Gasteiger partial charge in [-0.05, 0) is 98.5 Å². The molecule has 1 N–H and O–H groups in total. The molecule has 2 aromatic carbocycles. The van der Waals surface area contributed by atoms with Crippen LogP contribution in [0.2, 0.25) is 0 Å². The number of nitrogens with zero attached hydrogens (tertiary/aromatic N) is 1. The van der Waals surface area contributed by atoms with Crippen LogP contribution in [0.4, 0.5) is 8.78 Å². The zero-order chi connectivity index (χ0) is 24.2. The van der Waals surface area contributed by atoms with E-state index in [4.69, 9.17) is 0 Å². The van der Waals surface area contributed by atoms with Gasteiger partial charge in [-0.15, -0.1) is 0 Å². The van der Waals surface area contributed by atoms with Crippen molar-refractivity contribution in [1.29, 1.82) is 0 Å². The molecule has 0 unspecified atom stereocenters. The maximum atomic E-state index is 14.0. The Morgan fingerprint density at radius 1 is 1.09 bits per heavy atom. The fraction of sp³-hybridized carbons (Fsp3) is 0.310.